The predicted molar refractivity (Wildman–Crippen MR) is 83.6 cm³/mol. The number of fused-ring (bicyclic) bond motifs is 1. The Morgan fingerprint density at radius 2 is 2.20 bits per heavy atom. The number of aryl methyl sites for hydroxylation is 1. The molecule has 0 saturated heterocycles. The quantitative estimate of drug-likeness (QED) is 0.802. The second kappa shape index (κ2) is 6.37. The Morgan fingerprint density at radius 1 is 1.45 bits per heavy atom. The lowest BCUT2D eigenvalue weighted by atomic mass is 10.1. The van der Waals surface area contributed by atoms with Gasteiger partial charge in [-0.2, -0.15) is 5.10 Å². The predicted octanol–water partition coefficient (Wildman–Crippen LogP) is 2.10. The zero-order valence-electron chi connectivity index (χ0n) is 12.5. The van der Waals surface area contributed by atoms with Crippen LogP contribution < -0.4 is 10.6 Å². The van der Waals surface area contributed by atoms with Gasteiger partial charge in [-0.15, -0.1) is 11.3 Å². The van der Waals surface area contributed by atoms with Crippen LogP contribution >= 0.6 is 11.3 Å². The highest BCUT2D eigenvalue weighted by Gasteiger charge is 2.18. The van der Waals surface area contributed by atoms with Crippen molar-refractivity contribution in [1.29, 1.82) is 0 Å². The summed E-state index contributed by atoms with van der Waals surface area (Å²) in [4.78, 5) is 13.9. The zero-order valence-corrected chi connectivity index (χ0v) is 13.3. The standard InChI is InChI=1S/C14H22N4OS/c1-9(2)12-10-8-11(20-14(10)18(4)17-12)13(19)16-7-5-6-15-3/h8-9,15H,5-7H2,1-4H3,(H,16,19). The second-order valence-corrected chi connectivity index (χ2v) is 6.24. The molecule has 0 saturated carbocycles. The van der Waals surface area contributed by atoms with Crippen LogP contribution in [0.2, 0.25) is 0 Å². The molecule has 0 unspecified atom stereocenters. The molecule has 110 valence electrons. The Hall–Kier alpha value is -1.40. The third-order valence-corrected chi connectivity index (χ3v) is 4.40. The summed E-state index contributed by atoms with van der Waals surface area (Å²) in [6.45, 7) is 5.85. The van der Waals surface area contributed by atoms with Crippen LogP contribution in [0.3, 0.4) is 0 Å². The molecule has 2 aromatic heterocycles. The lowest BCUT2D eigenvalue weighted by Gasteiger charge is -2.03. The maximum Gasteiger partial charge on any atom is 0.261 e. The molecule has 1 amide bonds. The van der Waals surface area contributed by atoms with E-state index in [0.29, 0.717) is 12.5 Å². The molecule has 0 radical (unpaired) electrons. The van der Waals surface area contributed by atoms with E-state index in [-0.39, 0.29) is 5.91 Å². The molecule has 0 atom stereocenters. The summed E-state index contributed by atoms with van der Waals surface area (Å²) in [7, 11) is 3.84. The molecule has 0 aliphatic heterocycles. The third-order valence-electron chi connectivity index (χ3n) is 3.20. The molecule has 2 heterocycles. The molecule has 0 spiro atoms. The van der Waals surface area contributed by atoms with E-state index in [1.54, 1.807) is 0 Å². The first-order chi connectivity index (χ1) is 9.54. The van der Waals surface area contributed by atoms with Crippen molar-refractivity contribution in [2.24, 2.45) is 7.05 Å². The van der Waals surface area contributed by atoms with Gasteiger partial charge in [0.15, 0.2) is 0 Å². The molecule has 20 heavy (non-hydrogen) atoms. The molecule has 0 aliphatic carbocycles. The van der Waals surface area contributed by atoms with Gasteiger partial charge in [0, 0.05) is 19.0 Å². The number of carbonyl (C=O) groups excluding carboxylic acids is 1. The van der Waals surface area contributed by atoms with Crippen LogP contribution in [-0.4, -0.2) is 35.8 Å². The average molecular weight is 294 g/mol. The molecule has 2 rings (SSSR count). The lowest BCUT2D eigenvalue weighted by Crippen LogP contribution is -2.25. The van der Waals surface area contributed by atoms with Crippen LogP contribution in [0.1, 0.15) is 41.6 Å². The summed E-state index contributed by atoms with van der Waals surface area (Å²) in [5, 5.41) is 11.6. The highest BCUT2D eigenvalue weighted by Crippen LogP contribution is 2.31. The van der Waals surface area contributed by atoms with E-state index < -0.39 is 0 Å². The van der Waals surface area contributed by atoms with Crippen LogP contribution in [0.4, 0.5) is 0 Å². The van der Waals surface area contributed by atoms with Crippen LogP contribution in [0.25, 0.3) is 10.2 Å². The highest BCUT2D eigenvalue weighted by molar-refractivity contribution is 7.20. The first-order valence-electron chi connectivity index (χ1n) is 6.93. The molecular formula is C14H22N4OS. The number of nitrogens with one attached hydrogen (secondary N) is 2. The number of rotatable bonds is 6. The monoisotopic (exact) mass is 294 g/mol. The lowest BCUT2D eigenvalue weighted by molar-refractivity contribution is 0.0957. The molecule has 0 bridgehead atoms. The molecular weight excluding hydrogens is 272 g/mol. The fourth-order valence-corrected chi connectivity index (χ4v) is 3.16. The Labute approximate surface area is 123 Å². The second-order valence-electron chi connectivity index (χ2n) is 5.21. The van der Waals surface area contributed by atoms with E-state index in [0.717, 1.165) is 33.8 Å². The summed E-state index contributed by atoms with van der Waals surface area (Å²) in [5.74, 6) is 0.372. The minimum absolute atomic E-state index is 0.0111. The van der Waals surface area contributed by atoms with E-state index in [4.69, 9.17) is 0 Å². The number of aromatic nitrogens is 2. The fourth-order valence-electron chi connectivity index (χ4n) is 2.16. The Morgan fingerprint density at radius 3 is 2.85 bits per heavy atom. The number of carbonyl (C=O) groups is 1. The Kier molecular flexibility index (Phi) is 4.77. The van der Waals surface area contributed by atoms with Gasteiger partial charge in [-0.3, -0.25) is 9.48 Å². The number of hydrogen-bond donors (Lipinski definition) is 2. The van der Waals surface area contributed by atoms with Gasteiger partial charge in [0.05, 0.1) is 10.6 Å². The largest absolute Gasteiger partial charge is 0.351 e. The van der Waals surface area contributed by atoms with E-state index in [1.165, 1.54) is 11.3 Å². The van der Waals surface area contributed by atoms with Gasteiger partial charge in [0.1, 0.15) is 4.83 Å². The summed E-state index contributed by atoms with van der Waals surface area (Å²) < 4.78 is 1.87. The highest BCUT2D eigenvalue weighted by atomic mass is 32.1. The number of hydrogen-bond acceptors (Lipinski definition) is 4. The Balaban J connectivity index is 2.15. The molecule has 0 aliphatic rings. The van der Waals surface area contributed by atoms with Crippen molar-refractivity contribution >= 4 is 27.5 Å². The van der Waals surface area contributed by atoms with E-state index in [2.05, 4.69) is 29.6 Å². The molecule has 2 aromatic rings. The maximum atomic E-state index is 12.1. The van der Waals surface area contributed by atoms with Crippen LogP contribution in [0, 0.1) is 0 Å². The Bertz CT molecular complexity index is 600. The van der Waals surface area contributed by atoms with E-state index >= 15 is 0 Å². The number of thiophene rings is 1. The van der Waals surface area contributed by atoms with Crippen LogP contribution in [0.15, 0.2) is 6.07 Å². The fraction of sp³-hybridized carbons (Fsp3) is 0.571. The molecule has 0 aromatic carbocycles. The van der Waals surface area contributed by atoms with Crippen molar-refractivity contribution in [2.75, 3.05) is 20.1 Å². The summed E-state index contributed by atoms with van der Waals surface area (Å²) >= 11 is 1.51. The normalized spacial score (nSPS) is 11.4. The van der Waals surface area contributed by atoms with Gasteiger partial charge in [-0.05, 0) is 32.0 Å². The average Bonchev–Trinajstić information content (AvgIpc) is 2.95. The van der Waals surface area contributed by atoms with Crippen molar-refractivity contribution in [1.82, 2.24) is 20.4 Å². The van der Waals surface area contributed by atoms with Crippen molar-refractivity contribution in [3.8, 4) is 0 Å². The van der Waals surface area contributed by atoms with Gasteiger partial charge in [-0.1, -0.05) is 13.8 Å². The molecule has 0 fully saturated rings. The van der Waals surface area contributed by atoms with Crippen molar-refractivity contribution < 1.29 is 4.79 Å². The summed E-state index contributed by atoms with van der Waals surface area (Å²) in [5.41, 5.74) is 1.06. The van der Waals surface area contributed by atoms with Crippen molar-refractivity contribution in [2.45, 2.75) is 26.2 Å². The molecule has 5 nitrogen and oxygen atoms in total. The minimum atomic E-state index is 0.0111. The number of amides is 1. The first kappa shape index (κ1) is 15.0. The first-order valence-corrected chi connectivity index (χ1v) is 7.75. The van der Waals surface area contributed by atoms with Gasteiger partial charge >= 0.3 is 0 Å². The van der Waals surface area contributed by atoms with Crippen LogP contribution in [-0.2, 0) is 7.05 Å². The van der Waals surface area contributed by atoms with Gasteiger partial charge < -0.3 is 10.6 Å². The number of nitrogens with zero attached hydrogens (tertiary/aromatic N) is 2. The minimum Gasteiger partial charge on any atom is -0.351 e. The van der Waals surface area contributed by atoms with E-state index in [9.17, 15) is 4.79 Å². The topological polar surface area (TPSA) is 58.9 Å². The SMILES string of the molecule is CNCCCNC(=O)c1cc2c(C(C)C)nn(C)c2s1. The third kappa shape index (κ3) is 3.02. The smallest absolute Gasteiger partial charge is 0.261 e. The van der Waals surface area contributed by atoms with Crippen LogP contribution in [0.5, 0.6) is 0 Å². The summed E-state index contributed by atoms with van der Waals surface area (Å²) in [6.07, 6.45) is 0.936. The van der Waals surface area contributed by atoms with E-state index in [1.807, 2.05) is 24.8 Å². The zero-order chi connectivity index (χ0) is 14.7. The molecule has 6 heteroatoms. The van der Waals surface area contributed by atoms with Crippen molar-refractivity contribution in [3.63, 3.8) is 0 Å². The van der Waals surface area contributed by atoms with Gasteiger partial charge in [0.2, 0.25) is 0 Å². The van der Waals surface area contributed by atoms with Crippen molar-refractivity contribution in [3.05, 3.63) is 16.6 Å². The van der Waals surface area contributed by atoms with Gasteiger partial charge in [-0.25, -0.2) is 0 Å². The summed E-state index contributed by atoms with van der Waals surface area (Å²) in [6, 6.07) is 1.97. The maximum absolute atomic E-state index is 12.1. The molecule has 2 N–H and O–H groups in total. The van der Waals surface area contributed by atoms with Gasteiger partial charge in [0.25, 0.3) is 5.91 Å².